The molecule has 1 aromatic rings. The van der Waals surface area contributed by atoms with Crippen molar-refractivity contribution in [3.05, 3.63) is 28.0 Å². The number of rotatable bonds is 2. The predicted molar refractivity (Wildman–Crippen MR) is 47.2 cm³/mol. The van der Waals surface area contributed by atoms with Crippen molar-refractivity contribution in [2.45, 2.75) is 6.04 Å². The maximum absolute atomic E-state index is 12.1. The van der Waals surface area contributed by atoms with Gasteiger partial charge in [-0.05, 0) is 6.07 Å². The molecule has 1 atom stereocenters. The minimum absolute atomic E-state index is 0.160. The van der Waals surface area contributed by atoms with E-state index in [2.05, 4.69) is 4.98 Å². The van der Waals surface area contributed by atoms with Gasteiger partial charge >= 0.3 is 0 Å². The molecular formula is C7H7Cl2FN2. The molecule has 0 amide bonds. The summed E-state index contributed by atoms with van der Waals surface area (Å²) in [6.07, 6.45) is 0. The average Bonchev–Trinajstić information content (AvgIpc) is 2.03. The fourth-order valence-electron chi connectivity index (χ4n) is 0.783. The van der Waals surface area contributed by atoms with Crippen LogP contribution >= 0.6 is 23.2 Å². The van der Waals surface area contributed by atoms with Crippen LogP contribution in [-0.2, 0) is 0 Å². The van der Waals surface area contributed by atoms with Gasteiger partial charge in [0.05, 0.1) is 6.04 Å². The van der Waals surface area contributed by atoms with Gasteiger partial charge in [-0.2, -0.15) is 0 Å². The van der Waals surface area contributed by atoms with Crippen molar-refractivity contribution in [1.29, 1.82) is 0 Å². The lowest BCUT2D eigenvalue weighted by atomic mass is 10.1. The van der Waals surface area contributed by atoms with E-state index in [0.717, 1.165) is 0 Å². The first kappa shape index (κ1) is 9.71. The van der Waals surface area contributed by atoms with Crippen LogP contribution in [0, 0.1) is 0 Å². The molecule has 0 fully saturated rings. The van der Waals surface area contributed by atoms with Gasteiger partial charge in [0.25, 0.3) is 0 Å². The maximum Gasteiger partial charge on any atom is 0.135 e. The van der Waals surface area contributed by atoms with Crippen LogP contribution in [0.1, 0.15) is 11.6 Å². The van der Waals surface area contributed by atoms with Crippen LogP contribution < -0.4 is 5.73 Å². The summed E-state index contributed by atoms with van der Waals surface area (Å²) in [4.78, 5) is 3.73. The van der Waals surface area contributed by atoms with E-state index in [1.54, 1.807) is 6.07 Å². The molecule has 1 rings (SSSR count). The smallest absolute Gasteiger partial charge is 0.135 e. The Morgan fingerprint density at radius 2 is 2.17 bits per heavy atom. The summed E-state index contributed by atoms with van der Waals surface area (Å²) in [6.45, 7) is -0.664. The first-order chi connectivity index (χ1) is 5.65. The molecule has 5 heteroatoms. The molecule has 2 N–H and O–H groups in total. The Morgan fingerprint density at radius 1 is 1.50 bits per heavy atom. The van der Waals surface area contributed by atoms with Gasteiger partial charge < -0.3 is 5.73 Å². The molecule has 0 unspecified atom stereocenters. The number of halogens is 3. The molecule has 0 saturated carbocycles. The van der Waals surface area contributed by atoms with Gasteiger partial charge in [0.2, 0.25) is 0 Å². The molecule has 0 saturated heterocycles. The Labute approximate surface area is 79.5 Å². The summed E-state index contributed by atoms with van der Waals surface area (Å²) >= 11 is 11.2. The molecule has 0 aliphatic rings. The van der Waals surface area contributed by atoms with Crippen molar-refractivity contribution in [2.24, 2.45) is 5.73 Å². The van der Waals surface area contributed by atoms with Crippen LogP contribution in [0.15, 0.2) is 12.1 Å². The van der Waals surface area contributed by atoms with E-state index in [1.165, 1.54) is 6.07 Å². The first-order valence-corrected chi connectivity index (χ1v) is 4.04. The highest BCUT2D eigenvalue weighted by atomic mass is 35.5. The van der Waals surface area contributed by atoms with Gasteiger partial charge in [-0.3, -0.25) is 0 Å². The summed E-state index contributed by atoms with van der Waals surface area (Å²) in [5.74, 6) is 0. The topological polar surface area (TPSA) is 38.9 Å². The monoisotopic (exact) mass is 208 g/mol. The van der Waals surface area contributed by atoms with Crippen LogP contribution in [0.25, 0.3) is 0 Å². The second-order valence-electron chi connectivity index (χ2n) is 2.27. The Balaban J connectivity index is 3.01. The Hall–Kier alpha value is -0.380. The second-order valence-corrected chi connectivity index (χ2v) is 3.02. The predicted octanol–water partition coefficient (Wildman–Crippen LogP) is 2.36. The van der Waals surface area contributed by atoms with Crippen molar-refractivity contribution in [2.75, 3.05) is 6.67 Å². The van der Waals surface area contributed by atoms with Gasteiger partial charge in [0.1, 0.15) is 17.0 Å². The second kappa shape index (κ2) is 4.03. The molecule has 1 aromatic heterocycles. The maximum atomic E-state index is 12.1. The molecule has 0 aliphatic carbocycles. The third kappa shape index (κ3) is 2.06. The molecule has 0 bridgehead atoms. The highest BCUT2D eigenvalue weighted by Gasteiger charge is 2.10. The number of hydrogen-bond acceptors (Lipinski definition) is 2. The van der Waals surface area contributed by atoms with Gasteiger partial charge in [-0.25, -0.2) is 9.37 Å². The summed E-state index contributed by atoms with van der Waals surface area (Å²) in [7, 11) is 0. The molecule has 12 heavy (non-hydrogen) atoms. The number of alkyl halides is 1. The standard InChI is InChI=1S/C7H7Cl2FN2/c8-6-2-1-4(5(11)3-10)7(9)12-6/h1-2,5H,3,11H2/t5-/m0/s1. The summed E-state index contributed by atoms with van der Waals surface area (Å²) in [5.41, 5.74) is 5.88. The zero-order valence-corrected chi connectivity index (χ0v) is 7.61. The number of hydrogen-bond donors (Lipinski definition) is 1. The van der Waals surface area contributed by atoms with Crippen LogP contribution in [-0.4, -0.2) is 11.7 Å². The Kier molecular flexibility index (Phi) is 3.26. The molecule has 0 aliphatic heterocycles. The zero-order valence-electron chi connectivity index (χ0n) is 6.10. The highest BCUT2D eigenvalue weighted by Crippen LogP contribution is 2.21. The van der Waals surface area contributed by atoms with E-state index in [0.29, 0.717) is 5.56 Å². The SMILES string of the molecule is N[C@@H](CF)c1ccc(Cl)nc1Cl. The van der Waals surface area contributed by atoms with E-state index < -0.39 is 12.7 Å². The molecule has 66 valence electrons. The minimum atomic E-state index is -0.720. The van der Waals surface area contributed by atoms with Crippen molar-refractivity contribution in [3.8, 4) is 0 Å². The summed E-state index contributed by atoms with van der Waals surface area (Å²) in [6, 6.07) is 2.38. The molecular weight excluding hydrogens is 202 g/mol. The van der Waals surface area contributed by atoms with E-state index in [1.807, 2.05) is 0 Å². The fourth-order valence-corrected chi connectivity index (χ4v) is 1.27. The normalized spacial score (nSPS) is 13.0. The first-order valence-electron chi connectivity index (χ1n) is 3.28. The lowest BCUT2D eigenvalue weighted by Crippen LogP contribution is -2.13. The minimum Gasteiger partial charge on any atom is -0.322 e. The molecule has 0 aromatic carbocycles. The van der Waals surface area contributed by atoms with Gasteiger partial charge in [0, 0.05) is 5.56 Å². The number of pyridine rings is 1. The van der Waals surface area contributed by atoms with Crippen molar-refractivity contribution in [1.82, 2.24) is 4.98 Å². The van der Waals surface area contributed by atoms with E-state index in [-0.39, 0.29) is 10.3 Å². The highest BCUT2D eigenvalue weighted by molar-refractivity contribution is 6.32. The number of nitrogens with two attached hydrogens (primary N) is 1. The third-order valence-corrected chi connectivity index (χ3v) is 1.92. The van der Waals surface area contributed by atoms with Crippen LogP contribution in [0.3, 0.4) is 0 Å². The molecule has 0 spiro atoms. The lowest BCUT2D eigenvalue weighted by molar-refractivity contribution is 0.436. The van der Waals surface area contributed by atoms with Crippen molar-refractivity contribution < 1.29 is 4.39 Å². The largest absolute Gasteiger partial charge is 0.322 e. The van der Waals surface area contributed by atoms with Gasteiger partial charge in [0.15, 0.2) is 0 Å². The Morgan fingerprint density at radius 3 is 2.67 bits per heavy atom. The third-order valence-electron chi connectivity index (χ3n) is 1.41. The summed E-state index contributed by atoms with van der Waals surface area (Å²) in [5, 5.41) is 0.433. The molecule has 1 heterocycles. The van der Waals surface area contributed by atoms with Crippen LogP contribution in [0.5, 0.6) is 0 Å². The van der Waals surface area contributed by atoms with Gasteiger partial charge in [-0.15, -0.1) is 0 Å². The fraction of sp³-hybridized carbons (Fsp3) is 0.286. The van der Waals surface area contributed by atoms with Gasteiger partial charge in [-0.1, -0.05) is 29.3 Å². The van der Waals surface area contributed by atoms with Crippen molar-refractivity contribution in [3.63, 3.8) is 0 Å². The Bertz CT molecular complexity index is 280. The van der Waals surface area contributed by atoms with Crippen LogP contribution in [0.4, 0.5) is 4.39 Å². The average molecular weight is 209 g/mol. The van der Waals surface area contributed by atoms with E-state index in [9.17, 15) is 4.39 Å². The van der Waals surface area contributed by atoms with Crippen molar-refractivity contribution >= 4 is 23.2 Å². The van der Waals surface area contributed by atoms with Crippen LogP contribution in [0.2, 0.25) is 10.3 Å². The van der Waals surface area contributed by atoms with E-state index >= 15 is 0 Å². The molecule has 2 nitrogen and oxygen atoms in total. The quantitative estimate of drug-likeness (QED) is 0.759. The zero-order chi connectivity index (χ0) is 9.14. The summed E-state index contributed by atoms with van der Waals surface area (Å²) < 4.78 is 12.1. The van der Waals surface area contributed by atoms with E-state index in [4.69, 9.17) is 28.9 Å². The number of nitrogens with zero attached hydrogens (tertiary/aromatic N) is 1. The lowest BCUT2D eigenvalue weighted by Gasteiger charge is -2.08. The number of aromatic nitrogens is 1. The molecule has 0 radical (unpaired) electrons.